The van der Waals surface area contributed by atoms with Gasteiger partial charge in [-0.2, -0.15) is 0 Å². The number of thiophene rings is 1. The van der Waals surface area contributed by atoms with Gasteiger partial charge in [0.05, 0.1) is 4.90 Å². The van der Waals surface area contributed by atoms with Gasteiger partial charge in [0.15, 0.2) is 11.5 Å². The van der Waals surface area contributed by atoms with E-state index < -0.39 is 10.0 Å². The van der Waals surface area contributed by atoms with Crippen molar-refractivity contribution in [1.29, 1.82) is 0 Å². The maximum atomic E-state index is 12.9. The molecule has 3 heterocycles. The third-order valence-electron chi connectivity index (χ3n) is 5.83. The number of sulfonamides is 1. The number of ether oxygens (including phenoxy) is 2. The molecule has 1 amide bonds. The zero-order valence-electron chi connectivity index (χ0n) is 18.5. The van der Waals surface area contributed by atoms with Crippen LogP contribution in [-0.4, -0.2) is 63.5 Å². The van der Waals surface area contributed by atoms with Crippen molar-refractivity contribution < 1.29 is 22.7 Å². The number of nitrogens with zero attached hydrogens (tertiary/aromatic N) is 2. The highest BCUT2D eigenvalue weighted by Crippen LogP contribution is 2.32. The van der Waals surface area contributed by atoms with Gasteiger partial charge in [0.1, 0.15) is 13.2 Å². The van der Waals surface area contributed by atoms with E-state index in [1.165, 1.54) is 17.0 Å². The number of hydrogen-bond donors (Lipinski definition) is 1. The Balaban J connectivity index is 1.19. The van der Waals surface area contributed by atoms with Gasteiger partial charge in [0, 0.05) is 54.9 Å². The lowest BCUT2D eigenvalue weighted by Gasteiger charge is -2.34. The average Bonchev–Trinajstić information content (AvgIpc) is 3.37. The first-order valence-corrected chi connectivity index (χ1v) is 13.4. The molecule has 0 atom stereocenters. The first-order valence-electron chi connectivity index (χ1n) is 11.0. The summed E-state index contributed by atoms with van der Waals surface area (Å²) in [5.74, 6) is 0.892. The van der Waals surface area contributed by atoms with Gasteiger partial charge in [-0.3, -0.25) is 14.4 Å². The van der Waals surface area contributed by atoms with Crippen LogP contribution in [0.2, 0.25) is 0 Å². The Morgan fingerprint density at radius 3 is 2.38 bits per heavy atom. The van der Waals surface area contributed by atoms with Gasteiger partial charge < -0.3 is 14.4 Å². The first kappa shape index (κ1) is 22.7. The second-order valence-electron chi connectivity index (χ2n) is 8.14. The molecular weight excluding hydrogens is 474 g/mol. The molecule has 34 heavy (non-hydrogen) atoms. The van der Waals surface area contributed by atoms with Gasteiger partial charge in [-0.15, -0.1) is 11.3 Å². The van der Waals surface area contributed by atoms with E-state index in [0.29, 0.717) is 49.1 Å². The van der Waals surface area contributed by atoms with Crippen LogP contribution in [0.4, 0.5) is 5.69 Å². The average molecular weight is 500 g/mol. The molecule has 0 unspecified atom stereocenters. The van der Waals surface area contributed by atoms with Gasteiger partial charge in [0.2, 0.25) is 0 Å². The molecular formula is C24H25N3O5S2. The summed E-state index contributed by atoms with van der Waals surface area (Å²) in [6, 6.07) is 15.2. The Labute approximate surface area is 202 Å². The number of rotatable bonds is 6. The minimum absolute atomic E-state index is 0.0444. The first-order chi connectivity index (χ1) is 16.5. The van der Waals surface area contributed by atoms with Crippen molar-refractivity contribution in [3.05, 3.63) is 70.4 Å². The molecule has 1 fully saturated rings. The third kappa shape index (κ3) is 5.03. The van der Waals surface area contributed by atoms with Crippen LogP contribution in [0, 0.1) is 0 Å². The Morgan fingerprint density at radius 1 is 0.941 bits per heavy atom. The number of anilines is 1. The molecule has 3 aromatic rings. The topological polar surface area (TPSA) is 88.2 Å². The minimum Gasteiger partial charge on any atom is -0.486 e. The number of fused-ring (bicyclic) bond motifs is 1. The fourth-order valence-corrected chi connectivity index (χ4v) is 5.82. The second kappa shape index (κ2) is 9.65. The molecule has 5 rings (SSSR count). The van der Waals surface area contributed by atoms with Crippen LogP contribution in [0.3, 0.4) is 0 Å². The number of carbonyl (C=O) groups excluding carboxylic acids is 1. The van der Waals surface area contributed by atoms with Gasteiger partial charge >= 0.3 is 0 Å². The van der Waals surface area contributed by atoms with Crippen LogP contribution in [0.1, 0.15) is 15.2 Å². The van der Waals surface area contributed by atoms with Crippen LogP contribution < -0.4 is 14.2 Å². The molecule has 0 bridgehead atoms. The molecule has 0 saturated carbocycles. The predicted octanol–water partition coefficient (Wildman–Crippen LogP) is 3.28. The quantitative estimate of drug-likeness (QED) is 0.560. The molecule has 0 radical (unpaired) electrons. The normalized spacial score (nSPS) is 16.3. The third-order valence-corrected chi connectivity index (χ3v) is 8.07. The van der Waals surface area contributed by atoms with Gasteiger partial charge in [-0.25, -0.2) is 8.42 Å². The molecule has 10 heteroatoms. The van der Waals surface area contributed by atoms with Gasteiger partial charge in [0.25, 0.3) is 15.9 Å². The lowest BCUT2D eigenvalue weighted by Crippen LogP contribution is -2.48. The van der Waals surface area contributed by atoms with Crippen molar-refractivity contribution in [2.75, 3.05) is 44.1 Å². The summed E-state index contributed by atoms with van der Waals surface area (Å²) in [5.41, 5.74) is 0.918. The SMILES string of the molecule is O=C(c1ccc(NS(=O)(=O)c2ccc3c(c2)OCCO3)cc1)N1CCN(Cc2cccs2)CC1. The minimum atomic E-state index is -3.81. The molecule has 2 aromatic carbocycles. The van der Waals surface area contributed by atoms with E-state index >= 15 is 0 Å². The highest BCUT2D eigenvalue weighted by atomic mass is 32.2. The number of amides is 1. The van der Waals surface area contributed by atoms with E-state index in [1.807, 2.05) is 4.90 Å². The lowest BCUT2D eigenvalue weighted by atomic mass is 10.1. The molecule has 1 N–H and O–H groups in total. The van der Waals surface area contributed by atoms with Gasteiger partial charge in [-0.1, -0.05) is 6.07 Å². The monoisotopic (exact) mass is 499 g/mol. The van der Waals surface area contributed by atoms with Crippen molar-refractivity contribution in [2.45, 2.75) is 11.4 Å². The molecule has 2 aliphatic heterocycles. The highest BCUT2D eigenvalue weighted by Gasteiger charge is 2.23. The summed E-state index contributed by atoms with van der Waals surface area (Å²) in [6.45, 7) is 4.73. The van der Waals surface area contributed by atoms with E-state index in [-0.39, 0.29) is 10.8 Å². The maximum absolute atomic E-state index is 12.9. The Hall–Kier alpha value is -3.08. The summed E-state index contributed by atoms with van der Waals surface area (Å²) in [5, 5.41) is 2.08. The van der Waals surface area contributed by atoms with Crippen molar-refractivity contribution >= 4 is 33.0 Å². The molecule has 0 aliphatic carbocycles. The standard InChI is InChI=1S/C24H25N3O5S2/c28-24(27-11-9-26(10-12-27)17-20-2-1-15-33-20)18-3-5-19(6-4-18)25-34(29,30)21-7-8-22-23(16-21)32-14-13-31-22/h1-8,15-16,25H,9-14,17H2. The smallest absolute Gasteiger partial charge is 0.262 e. The van der Waals surface area contributed by atoms with Crippen molar-refractivity contribution in [1.82, 2.24) is 9.80 Å². The summed E-state index contributed by atoms with van der Waals surface area (Å²) in [7, 11) is -3.81. The van der Waals surface area contributed by atoms with E-state index in [2.05, 4.69) is 27.1 Å². The van der Waals surface area contributed by atoms with Crippen LogP contribution in [0.5, 0.6) is 11.5 Å². The van der Waals surface area contributed by atoms with Crippen molar-refractivity contribution in [3.63, 3.8) is 0 Å². The van der Waals surface area contributed by atoms with Gasteiger partial charge in [-0.05, 0) is 47.8 Å². The fraction of sp³-hybridized carbons (Fsp3) is 0.292. The number of carbonyl (C=O) groups is 1. The summed E-state index contributed by atoms with van der Waals surface area (Å²) < 4.78 is 39.1. The predicted molar refractivity (Wildman–Crippen MR) is 130 cm³/mol. The number of nitrogens with one attached hydrogen (secondary N) is 1. The van der Waals surface area contributed by atoms with Crippen LogP contribution >= 0.6 is 11.3 Å². The van der Waals surface area contributed by atoms with E-state index in [0.717, 1.165) is 19.6 Å². The maximum Gasteiger partial charge on any atom is 0.262 e. The van der Waals surface area contributed by atoms with Crippen molar-refractivity contribution in [2.24, 2.45) is 0 Å². The fourth-order valence-electron chi connectivity index (χ4n) is 4.00. The van der Waals surface area contributed by atoms with Crippen LogP contribution in [0.15, 0.2) is 64.9 Å². The van der Waals surface area contributed by atoms with Crippen LogP contribution in [0.25, 0.3) is 0 Å². The highest BCUT2D eigenvalue weighted by molar-refractivity contribution is 7.92. The summed E-state index contributed by atoms with van der Waals surface area (Å²) >= 11 is 1.75. The Bertz CT molecular complexity index is 1250. The van der Waals surface area contributed by atoms with E-state index in [9.17, 15) is 13.2 Å². The number of hydrogen-bond acceptors (Lipinski definition) is 7. The van der Waals surface area contributed by atoms with Crippen molar-refractivity contribution in [3.8, 4) is 11.5 Å². The molecule has 1 saturated heterocycles. The van der Waals surface area contributed by atoms with E-state index in [1.54, 1.807) is 41.7 Å². The zero-order chi connectivity index (χ0) is 23.5. The summed E-state index contributed by atoms with van der Waals surface area (Å²) in [4.78, 5) is 18.5. The molecule has 0 spiro atoms. The molecule has 178 valence electrons. The Morgan fingerprint density at radius 2 is 1.68 bits per heavy atom. The number of piperazine rings is 1. The largest absolute Gasteiger partial charge is 0.486 e. The summed E-state index contributed by atoms with van der Waals surface area (Å²) in [6.07, 6.45) is 0. The zero-order valence-corrected chi connectivity index (χ0v) is 20.1. The molecule has 2 aliphatic rings. The molecule has 8 nitrogen and oxygen atoms in total. The lowest BCUT2D eigenvalue weighted by molar-refractivity contribution is 0.0629. The Kier molecular flexibility index (Phi) is 6.44. The van der Waals surface area contributed by atoms with E-state index in [4.69, 9.17) is 9.47 Å². The second-order valence-corrected chi connectivity index (χ2v) is 10.9. The van der Waals surface area contributed by atoms with Crippen LogP contribution in [-0.2, 0) is 16.6 Å². The molecule has 1 aromatic heterocycles. The number of benzene rings is 2.